The maximum atomic E-state index is 12.8. The van der Waals surface area contributed by atoms with Gasteiger partial charge in [-0.2, -0.15) is 0 Å². The molecule has 3 heterocycles. The normalized spacial score (nSPS) is 19.3. The monoisotopic (exact) mass is 344 g/mol. The Balaban J connectivity index is 1.66. The third kappa shape index (κ3) is 3.93. The van der Waals surface area contributed by atoms with Crippen molar-refractivity contribution in [1.29, 1.82) is 0 Å². The molecule has 1 fully saturated rings. The maximum absolute atomic E-state index is 12.8. The Labute approximate surface area is 147 Å². The van der Waals surface area contributed by atoms with Crippen molar-refractivity contribution in [2.45, 2.75) is 32.7 Å². The Kier molecular flexibility index (Phi) is 5.45. The van der Waals surface area contributed by atoms with Gasteiger partial charge in [-0.1, -0.05) is 19.9 Å². The van der Waals surface area contributed by atoms with Crippen molar-refractivity contribution in [2.75, 3.05) is 18.0 Å². The van der Waals surface area contributed by atoms with Gasteiger partial charge in [-0.3, -0.25) is 4.79 Å². The number of rotatable bonds is 5. The summed E-state index contributed by atoms with van der Waals surface area (Å²) in [4.78, 5) is 24.8. The van der Waals surface area contributed by atoms with E-state index in [1.54, 1.807) is 23.7 Å². The predicted octanol–water partition coefficient (Wildman–Crippen LogP) is 3.27. The molecule has 1 amide bonds. The van der Waals surface area contributed by atoms with Gasteiger partial charge in [0.2, 0.25) is 11.9 Å². The fourth-order valence-corrected chi connectivity index (χ4v) is 4.08. The summed E-state index contributed by atoms with van der Waals surface area (Å²) in [7, 11) is 0. The van der Waals surface area contributed by atoms with Crippen molar-refractivity contribution in [1.82, 2.24) is 15.3 Å². The zero-order chi connectivity index (χ0) is 16.9. The number of anilines is 1. The molecule has 2 aromatic heterocycles. The van der Waals surface area contributed by atoms with Crippen LogP contribution >= 0.6 is 11.3 Å². The first-order valence-electron chi connectivity index (χ1n) is 8.51. The second-order valence-electron chi connectivity index (χ2n) is 6.58. The summed E-state index contributed by atoms with van der Waals surface area (Å²) < 4.78 is 0. The summed E-state index contributed by atoms with van der Waals surface area (Å²) in [6, 6.07) is 6.03. The smallest absolute Gasteiger partial charge is 0.225 e. The van der Waals surface area contributed by atoms with Crippen LogP contribution in [0.15, 0.2) is 36.0 Å². The molecule has 3 rings (SSSR count). The first-order chi connectivity index (χ1) is 11.6. The van der Waals surface area contributed by atoms with Gasteiger partial charge in [-0.15, -0.1) is 11.3 Å². The Hall–Kier alpha value is -1.95. The van der Waals surface area contributed by atoms with Gasteiger partial charge in [0, 0.05) is 30.4 Å². The van der Waals surface area contributed by atoms with Crippen molar-refractivity contribution in [3.05, 3.63) is 40.8 Å². The fraction of sp³-hybridized carbons (Fsp3) is 0.500. The molecule has 1 aliphatic heterocycles. The van der Waals surface area contributed by atoms with Crippen molar-refractivity contribution in [2.24, 2.45) is 11.8 Å². The van der Waals surface area contributed by atoms with Gasteiger partial charge in [-0.05, 0) is 36.3 Å². The van der Waals surface area contributed by atoms with Gasteiger partial charge < -0.3 is 10.2 Å². The average Bonchev–Trinajstić information content (AvgIpc) is 3.14. The highest BCUT2D eigenvalue weighted by atomic mass is 32.1. The van der Waals surface area contributed by atoms with Crippen LogP contribution in [0.1, 0.15) is 37.6 Å². The SMILES string of the molecule is CC(C)[C@@H](NC(=O)[C@@H]1CCCN(c2ncccn2)C1)c1cccs1. The second kappa shape index (κ2) is 7.75. The van der Waals surface area contributed by atoms with Gasteiger partial charge in [-0.25, -0.2) is 9.97 Å². The second-order valence-corrected chi connectivity index (χ2v) is 7.56. The Bertz CT molecular complexity index is 644. The number of nitrogens with one attached hydrogen (secondary N) is 1. The molecule has 24 heavy (non-hydrogen) atoms. The molecule has 1 N–H and O–H groups in total. The standard InChI is InChI=1S/C18H24N4OS/c1-13(2)16(15-7-4-11-24-15)21-17(23)14-6-3-10-22(12-14)18-19-8-5-9-20-18/h4-5,7-9,11,13-14,16H,3,6,10,12H2,1-2H3,(H,21,23)/t14-,16-/m1/s1. The van der Waals surface area contributed by atoms with Gasteiger partial charge in [0.1, 0.15) is 0 Å². The van der Waals surface area contributed by atoms with E-state index < -0.39 is 0 Å². The molecule has 128 valence electrons. The van der Waals surface area contributed by atoms with Crippen molar-refractivity contribution < 1.29 is 4.79 Å². The van der Waals surface area contributed by atoms with E-state index in [9.17, 15) is 4.79 Å². The molecule has 6 heteroatoms. The van der Waals surface area contributed by atoms with Gasteiger partial charge in [0.05, 0.1) is 12.0 Å². The van der Waals surface area contributed by atoms with E-state index in [-0.39, 0.29) is 17.9 Å². The number of nitrogens with zero attached hydrogens (tertiary/aromatic N) is 3. The largest absolute Gasteiger partial charge is 0.348 e. The number of piperidine rings is 1. The summed E-state index contributed by atoms with van der Waals surface area (Å²) in [5.41, 5.74) is 0. The molecule has 2 aromatic rings. The third-order valence-electron chi connectivity index (χ3n) is 4.44. The lowest BCUT2D eigenvalue weighted by Gasteiger charge is -2.33. The third-order valence-corrected chi connectivity index (χ3v) is 5.40. The van der Waals surface area contributed by atoms with Gasteiger partial charge >= 0.3 is 0 Å². The molecular formula is C18H24N4OS. The molecule has 0 unspecified atom stereocenters. The minimum Gasteiger partial charge on any atom is -0.348 e. The van der Waals surface area contributed by atoms with E-state index in [0.717, 1.165) is 19.4 Å². The number of thiophene rings is 1. The number of carbonyl (C=O) groups excluding carboxylic acids is 1. The van der Waals surface area contributed by atoms with Crippen LogP contribution in [-0.2, 0) is 4.79 Å². The van der Waals surface area contributed by atoms with Crippen LogP contribution in [0.4, 0.5) is 5.95 Å². The number of hydrogen-bond acceptors (Lipinski definition) is 5. The summed E-state index contributed by atoms with van der Waals surface area (Å²) in [5, 5.41) is 5.33. The average molecular weight is 344 g/mol. The molecule has 0 aromatic carbocycles. The Morgan fingerprint density at radius 2 is 2.12 bits per heavy atom. The van der Waals surface area contributed by atoms with Crippen LogP contribution in [-0.4, -0.2) is 29.0 Å². The number of amides is 1. The van der Waals surface area contributed by atoms with Gasteiger partial charge in [0.15, 0.2) is 0 Å². The lowest BCUT2D eigenvalue weighted by molar-refractivity contribution is -0.126. The van der Waals surface area contributed by atoms with Crippen LogP contribution < -0.4 is 10.2 Å². The lowest BCUT2D eigenvalue weighted by Crippen LogP contribution is -2.45. The molecule has 0 saturated carbocycles. The molecule has 0 spiro atoms. The summed E-state index contributed by atoms with van der Waals surface area (Å²) in [5.74, 6) is 1.21. The zero-order valence-electron chi connectivity index (χ0n) is 14.2. The van der Waals surface area contributed by atoms with Crippen molar-refractivity contribution in [3.8, 4) is 0 Å². The minimum absolute atomic E-state index is 0.0104. The zero-order valence-corrected chi connectivity index (χ0v) is 15.0. The van der Waals surface area contributed by atoms with Crippen LogP contribution in [0.3, 0.4) is 0 Å². The highest BCUT2D eigenvalue weighted by Gasteiger charge is 2.29. The molecule has 0 aliphatic carbocycles. The Morgan fingerprint density at radius 1 is 1.33 bits per heavy atom. The highest BCUT2D eigenvalue weighted by Crippen LogP contribution is 2.27. The molecule has 0 radical (unpaired) electrons. The van der Waals surface area contributed by atoms with E-state index in [2.05, 4.69) is 45.5 Å². The van der Waals surface area contributed by atoms with Crippen LogP contribution in [0, 0.1) is 11.8 Å². The van der Waals surface area contributed by atoms with E-state index in [1.807, 2.05) is 12.1 Å². The summed E-state index contributed by atoms with van der Waals surface area (Å²) in [6.45, 7) is 5.89. The van der Waals surface area contributed by atoms with Gasteiger partial charge in [0.25, 0.3) is 0 Å². The lowest BCUT2D eigenvalue weighted by atomic mass is 9.95. The molecule has 5 nitrogen and oxygen atoms in total. The van der Waals surface area contributed by atoms with E-state index in [4.69, 9.17) is 0 Å². The molecular weight excluding hydrogens is 320 g/mol. The van der Waals surface area contributed by atoms with Crippen LogP contribution in [0.25, 0.3) is 0 Å². The van der Waals surface area contributed by atoms with Crippen molar-refractivity contribution in [3.63, 3.8) is 0 Å². The van der Waals surface area contributed by atoms with Crippen LogP contribution in [0.5, 0.6) is 0 Å². The molecule has 1 saturated heterocycles. The summed E-state index contributed by atoms with van der Waals surface area (Å²) in [6.07, 6.45) is 5.40. The van der Waals surface area contributed by atoms with E-state index in [0.29, 0.717) is 18.4 Å². The van der Waals surface area contributed by atoms with E-state index >= 15 is 0 Å². The Morgan fingerprint density at radius 3 is 2.79 bits per heavy atom. The predicted molar refractivity (Wildman–Crippen MR) is 97.0 cm³/mol. The fourth-order valence-electron chi connectivity index (χ4n) is 3.13. The maximum Gasteiger partial charge on any atom is 0.225 e. The quantitative estimate of drug-likeness (QED) is 0.904. The van der Waals surface area contributed by atoms with E-state index in [1.165, 1.54) is 4.88 Å². The minimum atomic E-state index is -0.0104. The first-order valence-corrected chi connectivity index (χ1v) is 9.39. The number of aromatic nitrogens is 2. The molecule has 0 bridgehead atoms. The first kappa shape index (κ1) is 16.9. The molecule has 1 aliphatic rings. The van der Waals surface area contributed by atoms with Crippen molar-refractivity contribution >= 4 is 23.2 Å². The topological polar surface area (TPSA) is 58.1 Å². The highest BCUT2D eigenvalue weighted by molar-refractivity contribution is 7.10. The number of hydrogen-bond donors (Lipinski definition) is 1. The van der Waals surface area contributed by atoms with Crippen LogP contribution in [0.2, 0.25) is 0 Å². The summed E-state index contributed by atoms with van der Waals surface area (Å²) >= 11 is 1.70. The number of carbonyl (C=O) groups is 1. The molecule has 2 atom stereocenters.